The summed E-state index contributed by atoms with van der Waals surface area (Å²) in [7, 11) is 1.67. The van der Waals surface area contributed by atoms with Crippen LogP contribution in [-0.2, 0) is 0 Å². The van der Waals surface area contributed by atoms with E-state index in [4.69, 9.17) is 4.74 Å². The lowest BCUT2D eigenvalue weighted by Gasteiger charge is -2.28. The Morgan fingerprint density at radius 1 is 1.26 bits per heavy atom. The summed E-state index contributed by atoms with van der Waals surface area (Å²) in [5.74, 6) is 0.870. The first-order valence-electron chi connectivity index (χ1n) is 7.97. The predicted molar refractivity (Wildman–Crippen MR) is 93.2 cm³/mol. The lowest BCUT2D eigenvalue weighted by Crippen LogP contribution is -2.36. The van der Waals surface area contributed by atoms with Gasteiger partial charge >= 0.3 is 0 Å². The average molecular weight is 330 g/mol. The Hall–Kier alpha value is -1.85. The molecular formula is C18H22N2O2S. The van der Waals surface area contributed by atoms with Crippen molar-refractivity contribution in [2.45, 2.75) is 18.9 Å². The van der Waals surface area contributed by atoms with Crippen molar-refractivity contribution in [2.24, 2.45) is 0 Å². The number of carbonyl (C=O) groups excluding carboxylic acids is 1. The van der Waals surface area contributed by atoms with E-state index in [-0.39, 0.29) is 11.9 Å². The van der Waals surface area contributed by atoms with Gasteiger partial charge in [0.05, 0.1) is 18.0 Å². The molecule has 1 aromatic heterocycles. The van der Waals surface area contributed by atoms with E-state index in [2.05, 4.69) is 22.3 Å². The number of likely N-dealkylation sites (tertiary alicyclic amines) is 1. The van der Waals surface area contributed by atoms with Gasteiger partial charge in [-0.2, -0.15) is 0 Å². The molecule has 3 rings (SSSR count). The summed E-state index contributed by atoms with van der Waals surface area (Å²) in [5, 5.41) is 5.01. The summed E-state index contributed by atoms with van der Waals surface area (Å²) in [6.07, 6.45) is 2.46. The van der Waals surface area contributed by atoms with Crippen molar-refractivity contribution in [2.75, 3.05) is 26.7 Å². The van der Waals surface area contributed by atoms with Crippen LogP contribution in [0.4, 0.5) is 0 Å². The zero-order valence-electron chi connectivity index (χ0n) is 13.3. The van der Waals surface area contributed by atoms with Crippen LogP contribution in [0.2, 0.25) is 0 Å². The van der Waals surface area contributed by atoms with E-state index in [9.17, 15) is 4.79 Å². The van der Waals surface area contributed by atoms with Gasteiger partial charge in [0.15, 0.2) is 0 Å². The fraction of sp³-hybridized carbons (Fsp3) is 0.389. The minimum Gasteiger partial charge on any atom is -0.497 e. The van der Waals surface area contributed by atoms with E-state index >= 15 is 0 Å². The van der Waals surface area contributed by atoms with Crippen LogP contribution in [0.25, 0.3) is 0 Å². The molecule has 0 radical (unpaired) electrons. The lowest BCUT2D eigenvalue weighted by molar-refractivity contribution is 0.0942. The van der Waals surface area contributed by atoms with E-state index in [1.807, 2.05) is 29.6 Å². The number of methoxy groups -OCH3 is 1. The molecule has 0 saturated carbocycles. The largest absolute Gasteiger partial charge is 0.497 e. The van der Waals surface area contributed by atoms with Crippen molar-refractivity contribution in [3.05, 3.63) is 52.2 Å². The van der Waals surface area contributed by atoms with Crippen LogP contribution in [0, 0.1) is 0 Å². The van der Waals surface area contributed by atoms with Gasteiger partial charge in [-0.3, -0.25) is 9.69 Å². The maximum absolute atomic E-state index is 12.2. The molecule has 1 amide bonds. The first kappa shape index (κ1) is 16.0. The number of benzene rings is 1. The topological polar surface area (TPSA) is 41.6 Å². The van der Waals surface area contributed by atoms with Gasteiger partial charge in [0.1, 0.15) is 5.75 Å². The predicted octanol–water partition coefficient (Wildman–Crippen LogP) is 3.32. The van der Waals surface area contributed by atoms with Crippen LogP contribution < -0.4 is 10.1 Å². The number of hydrogen-bond donors (Lipinski definition) is 1. The third kappa shape index (κ3) is 3.92. The second-order valence-corrected chi connectivity index (χ2v) is 6.67. The van der Waals surface area contributed by atoms with Gasteiger partial charge in [-0.05, 0) is 55.1 Å². The molecule has 0 spiro atoms. The van der Waals surface area contributed by atoms with Crippen LogP contribution in [-0.4, -0.2) is 37.6 Å². The molecule has 0 aliphatic carbocycles. The van der Waals surface area contributed by atoms with Crippen LogP contribution in [0.5, 0.6) is 5.75 Å². The Kier molecular flexibility index (Phi) is 5.31. The van der Waals surface area contributed by atoms with Gasteiger partial charge in [-0.15, -0.1) is 11.3 Å². The highest BCUT2D eigenvalue weighted by Crippen LogP contribution is 2.26. The second kappa shape index (κ2) is 7.62. The van der Waals surface area contributed by atoms with Crippen LogP contribution in [0.15, 0.2) is 41.8 Å². The Balaban J connectivity index is 1.71. The number of hydrogen-bond acceptors (Lipinski definition) is 4. The van der Waals surface area contributed by atoms with Crippen molar-refractivity contribution in [3.63, 3.8) is 0 Å². The number of carbonyl (C=O) groups is 1. The first-order chi connectivity index (χ1) is 11.3. The summed E-state index contributed by atoms with van der Waals surface area (Å²) in [6, 6.07) is 12.1. The quantitative estimate of drug-likeness (QED) is 0.883. The number of nitrogens with one attached hydrogen (secondary N) is 1. The molecule has 1 fully saturated rings. The molecule has 2 heterocycles. The fourth-order valence-corrected chi connectivity index (χ4v) is 3.66. The monoisotopic (exact) mass is 330 g/mol. The van der Waals surface area contributed by atoms with Gasteiger partial charge in [-0.25, -0.2) is 0 Å². The molecule has 1 aliphatic heterocycles. The smallest absolute Gasteiger partial charge is 0.261 e. The zero-order chi connectivity index (χ0) is 16.1. The standard InChI is InChI=1S/C18H22N2O2S/c1-22-15-8-6-14(7-9-15)16(20-10-2-3-11-20)13-19-18(21)17-5-4-12-23-17/h4-9,12,16H,2-3,10-11,13H2,1H3,(H,19,21)/t16-/m0/s1. The summed E-state index contributed by atoms with van der Waals surface area (Å²) >= 11 is 1.47. The summed E-state index contributed by atoms with van der Waals surface area (Å²) in [5.41, 5.74) is 1.22. The summed E-state index contributed by atoms with van der Waals surface area (Å²) in [4.78, 5) is 15.4. The highest BCUT2D eigenvalue weighted by molar-refractivity contribution is 7.12. The Labute approximate surface area is 141 Å². The highest BCUT2D eigenvalue weighted by atomic mass is 32.1. The number of nitrogens with zero attached hydrogens (tertiary/aromatic N) is 1. The molecule has 0 bridgehead atoms. The molecule has 2 aromatic rings. The van der Waals surface area contributed by atoms with E-state index < -0.39 is 0 Å². The zero-order valence-corrected chi connectivity index (χ0v) is 14.1. The Morgan fingerprint density at radius 2 is 2.00 bits per heavy atom. The van der Waals surface area contributed by atoms with Gasteiger partial charge in [0, 0.05) is 6.54 Å². The normalized spacial score (nSPS) is 16.2. The molecule has 1 aromatic carbocycles. The van der Waals surface area contributed by atoms with Crippen molar-refractivity contribution in [1.82, 2.24) is 10.2 Å². The summed E-state index contributed by atoms with van der Waals surface area (Å²) in [6.45, 7) is 2.81. The number of thiophene rings is 1. The van der Waals surface area contributed by atoms with Gasteiger partial charge in [0.2, 0.25) is 0 Å². The van der Waals surface area contributed by atoms with Crippen LogP contribution in [0.3, 0.4) is 0 Å². The lowest BCUT2D eigenvalue weighted by atomic mass is 10.1. The molecule has 4 nitrogen and oxygen atoms in total. The Morgan fingerprint density at radius 3 is 2.61 bits per heavy atom. The maximum Gasteiger partial charge on any atom is 0.261 e. The molecular weight excluding hydrogens is 308 g/mol. The van der Waals surface area contributed by atoms with Crippen molar-refractivity contribution in [1.29, 1.82) is 0 Å². The molecule has 1 atom stereocenters. The van der Waals surface area contributed by atoms with Gasteiger partial charge < -0.3 is 10.1 Å². The van der Waals surface area contributed by atoms with Crippen molar-refractivity contribution < 1.29 is 9.53 Å². The molecule has 1 aliphatic rings. The third-order valence-corrected chi connectivity index (χ3v) is 5.15. The fourth-order valence-electron chi connectivity index (χ4n) is 3.02. The van der Waals surface area contributed by atoms with Crippen LogP contribution >= 0.6 is 11.3 Å². The van der Waals surface area contributed by atoms with Gasteiger partial charge in [-0.1, -0.05) is 18.2 Å². The maximum atomic E-state index is 12.2. The molecule has 23 heavy (non-hydrogen) atoms. The molecule has 0 unspecified atom stereocenters. The highest BCUT2D eigenvalue weighted by Gasteiger charge is 2.24. The van der Waals surface area contributed by atoms with Crippen LogP contribution in [0.1, 0.15) is 34.1 Å². The van der Waals surface area contributed by atoms with Crippen molar-refractivity contribution in [3.8, 4) is 5.75 Å². The third-order valence-electron chi connectivity index (χ3n) is 4.28. The number of amides is 1. The van der Waals surface area contributed by atoms with E-state index in [1.54, 1.807) is 7.11 Å². The Bertz CT molecular complexity index is 619. The second-order valence-electron chi connectivity index (χ2n) is 5.72. The average Bonchev–Trinajstić information content (AvgIpc) is 3.29. The van der Waals surface area contributed by atoms with E-state index in [0.29, 0.717) is 6.54 Å². The minimum absolute atomic E-state index is 0.0118. The number of ether oxygens (including phenoxy) is 1. The van der Waals surface area contributed by atoms with Gasteiger partial charge in [0.25, 0.3) is 5.91 Å². The van der Waals surface area contributed by atoms with E-state index in [1.165, 1.54) is 29.7 Å². The molecule has 1 N–H and O–H groups in total. The molecule has 122 valence electrons. The van der Waals surface area contributed by atoms with E-state index in [0.717, 1.165) is 23.7 Å². The van der Waals surface area contributed by atoms with Crippen molar-refractivity contribution >= 4 is 17.2 Å². The summed E-state index contributed by atoms with van der Waals surface area (Å²) < 4.78 is 5.24. The SMILES string of the molecule is COc1ccc([C@H](CNC(=O)c2cccs2)N2CCCC2)cc1. The molecule has 5 heteroatoms. The number of rotatable bonds is 6. The first-order valence-corrected chi connectivity index (χ1v) is 8.85. The minimum atomic E-state index is 0.0118. The molecule has 1 saturated heterocycles.